The molecule has 3 N–H and O–H groups in total. The molecule has 2 atom stereocenters. The summed E-state index contributed by atoms with van der Waals surface area (Å²) in [6.45, 7) is 5.23. The Morgan fingerprint density at radius 2 is 2.05 bits per heavy atom. The van der Waals surface area contributed by atoms with Crippen molar-refractivity contribution in [3.05, 3.63) is 0 Å². The highest BCUT2D eigenvalue weighted by Gasteiger charge is 2.25. The Balaban J connectivity index is 0.00000242. The van der Waals surface area contributed by atoms with Gasteiger partial charge in [0.15, 0.2) is 5.96 Å². The highest BCUT2D eigenvalue weighted by atomic mass is 127. The molecule has 0 spiro atoms. The molecule has 2 saturated heterocycles. The van der Waals surface area contributed by atoms with Gasteiger partial charge in [-0.3, -0.25) is 9.79 Å². The average Bonchev–Trinajstić information content (AvgIpc) is 2.85. The number of likely N-dealkylation sites (tertiary alicyclic amines) is 2. The van der Waals surface area contributed by atoms with Crippen LogP contribution >= 0.6 is 24.0 Å². The third kappa shape index (κ3) is 5.91. The number of hydrogen-bond acceptors (Lipinski definition) is 3. The Bertz CT molecular complexity index is 390. The van der Waals surface area contributed by atoms with E-state index in [1.54, 1.807) is 0 Å². The number of nitrogens with one attached hydrogen (secondary N) is 1. The van der Waals surface area contributed by atoms with Crippen LogP contribution in [0.3, 0.4) is 0 Å². The maximum Gasteiger partial charge on any atom is 0.217 e. The van der Waals surface area contributed by atoms with Crippen molar-refractivity contribution in [1.82, 2.24) is 15.1 Å². The lowest BCUT2D eigenvalue weighted by Gasteiger charge is -2.35. The first-order chi connectivity index (χ1) is 10.1. The molecule has 0 radical (unpaired) electrons. The number of nitrogens with zero attached hydrogens (tertiary/aromatic N) is 3. The standard InChI is InChI=1S/C15H29N5O.HI/c1-17-15(18-9-13-5-7-19(2)10-13)20-6-3-4-12(11-20)8-14(16)21;/h12-13H,3-11H2,1-2H3,(H2,16,21)(H,17,18);1H. The number of hydrogen-bond donors (Lipinski definition) is 2. The predicted molar refractivity (Wildman–Crippen MR) is 100 cm³/mol. The molecule has 2 rings (SSSR count). The minimum absolute atomic E-state index is 0. The van der Waals surface area contributed by atoms with Crippen LogP contribution in [0.2, 0.25) is 0 Å². The lowest BCUT2D eigenvalue weighted by atomic mass is 9.95. The first kappa shape index (κ1) is 19.5. The molecule has 0 bridgehead atoms. The molecule has 0 aliphatic carbocycles. The van der Waals surface area contributed by atoms with Gasteiger partial charge < -0.3 is 20.9 Å². The molecule has 0 saturated carbocycles. The van der Waals surface area contributed by atoms with E-state index in [-0.39, 0.29) is 29.9 Å². The van der Waals surface area contributed by atoms with Crippen LogP contribution in [0.5, 0.6) is 0 Å². The number of guanidine groups is 1. The van der Waals surface area contributed by atoms with E-state index in [1.165, 1.54) is 13.0 Å². The van der Waals surface area contributed by atoms with Crippen molar-refractivity contribution in [1.29, 1.82) is 0 Å². The van der Waals surface area contributed by atoms with Crippen LogP contribution in [0.15, 0.2) is 4.99 Å². The van der Waals surface area contributed by atoms with Crippen molar-refractivity contribution in [3.8, 4) is 0 Å². The summed E-state index contributed by atoms with van der Waals surface area (Å²) in [5.74, 6) is 1.85. The fourth-order valence-corrected chi connectivity index (χ4v) is 3.47. The summed E-state index contributed by atoms with van der Waals surface area (Å²) in [5, 5.41) is 3.51. The number of halogens is 1. The second-order valence-corrected chi connectivity index (χ2v) is 6.47. The van der Waals surface area contributed by atoms with Crippen molar-refractivity contribution < 1.29 is 4.79 Å². The van der Waals surface area contributed by atoms with Crippen LogP contribution in [0.4, 0.5) is 0 Å². The van der Waals surface area contributed by atoms with Gasteiger partial charge >= 0.3 is 0 Å². The molecule has 2 aliphatic heterocycles. The van der Waals surface area contributed by atoms with Crippen LogP contribution in [0.25, 0.3) is 0 Å². The molecule has 7 heteroatoms. The molecule has 1 amide bonds. The van der Waals surface area contributed by atoms with Crippen LogP contribution in [-0.2, 0) is 4.79 Å². The average molecular weight is 423 g/mol. The normalized spacial score (nSPS) is 26.6. The molecule has 0 aromatic rings. The maximum absolute atomic E-state index is 11.1. The first-order valence-corrected chi connectivity index (χ1v) is 8.01. The van der Waals surface area contributed by atoms with Gasteiger partial charge in [-0.2, -0.15) is 0 Å². The highest BCUT2D eigenvalue weighted by molar-refractivity contribution is 14.0. The second-order valence-electron chi connectivity index (χ2n) is 6.47. The van der Waals surface area contributed by atoms with Gasteiger partial charge in [-0.15, -0.1) is 24.0 Å². The minimum Gasteiger partial charge on any atom is -0.370 e. The fraction of sp³-hybridized carbons (Fsp3) is 0.867. The summed E-state index contributed by atoms with van der Waals surface area (Å²) in [6.07, 6.45) is 3.93. The van der Waals surface area contributed by atoms with E-state index in [1.807, 2.05) is 7.05 Å². The van der Waals surface area contributed by atoms with E-state index in [4.69, 9.17) is 5.73 Å². The smallest absolute Gasteiger partial charge is 0.217 e. The third-order valence-corrected chi connectivity index (χ3v) is 4.56. The van der Waals surface area contributed by atoms with Crippen molar-refractivity contribution >= 4 is 35.8 Å². The first-order valence-electron chi connectivity index (χ1n) is 8.01. The van der Waals surface area contributed by atoms with Crippen LogP contribution in [0, 0.1) is 11.8 Å². The molecule has 2 heterocycles. The van der Waals surface area contributed by atoms with Gasteiger partial charge in [0.25, 0.3) is 0 Å². The number of nitrogens with two attached hydrogens (primary N) is 1. The number of primary amides is 1. The zero-order chi connectivity index (χ0) is 15.2. The van der Waals surface area contributed by atoms with E-state index in [2.05, 4.69) is 27.2 Å². The summed E-state index contributed by atoms with van der Waals surface area (Å²) in [5.41, 5.74) is 5.32. The van der Waals surface area contributed by atoms with Gasteiger partial charge in [-0.1, -0.05) is 0 Å². The molecule has 0 aromatic carbocycles. The summed E-state index contributed by atoms with van der Waals surface area (Å²) >= 11 is 0. The van der Waals surface area contributed by atoms with Gasteiger partial charge in [0, 0.05) is 39.6 Å². The quantitative estimate of drug-likeness (QED) is 0.397. The van der Waals surface area contributed by atoms with Gasteiger partial charge in [0.2, 0.25) is 5.91 Å². The minimum atomic E-state index is -0.196. The molecule has 0 aromatic heterocycles. The third-order valence-electron chi connectivity index (χ3n) is 4.56. The molecule has 2 fully saturated rings. The second kappa shape index (κ2) is 9.54. The largest absolute Gasteiger partial charge is 0.370 e. The van der Waals surface area contributed by atoms with Crippen molar-refractivity contribution in [2.45, 2.75) is 25.7 Å². The van der Waals surface area contributed by atoms with Gasteiger partial charge in [0.05, 0.1) is 0 Å². The monoisotopic (exact) mass is 423 g/mol. The summed E-state index contributed by atoms with van der Waals surface area (Å²) in [6, 6.07) is 0. The van der Waals surface area contributed by atoms with E-state index in [9.17, 15) is 4.79 Å². The number of aliphatic imine (C=N–C) groups is 1. The van der Waals surface area contributed by atoms with E-state index < -0.39 is 0 Å². The van der Waals surface area contributed by atoms with Crippen LogP contribution in [-0.4, -0.2) is 68.5 Å². The number of rotatable bonds is 4. The maximum atomic E-state index is 11.1. The van der Waals surface area contributed by atoms with E-state index in [0.717, 1.165) is 45.0 Å². The molecular weight excluding hydrogens is 393 g/mol. The molecule has 2 unspecified atom stereocenters. The van der Waals surface area contributed by atoms with Crippen molar-refractivity contribution in [2.75, 3.05) is 46.8 Å². The Kier molecular flexibility index (Phi) is 8.45. The van der Waals surface area contributed by atoms with Gasteiger partial charge in [-0.25, -0.2) is 0 Å². The number of carbonyl (C=O) groups is 1. The van der Waals surface area contributed by atoms with Crippen molar-refractivity contribution in [2.24, 2.45) is 22.6 Å². The van der Waals surface area contributed by atoms with Crippen LogP contribution < -0.4 is 11.1 Å². The Hall–Kier alpha value is -0.570. The predicted octanol–water partition coefficient (Wildman–Crippen LogP) is 0.719. The SMILES string of the molecule is CN=C(NCC1CCN(C)C1)N1CCCC(CC(N)=O)C1.I. The zero-order valence-corrected chi connectivity index (χ0v) is 16.1. The molecule has 128 valence electrons. The molecular formula is C15H30IN5O. The van der Waals surface area contributed by atoms with Crippen molar-refractivity contribution in [3.63, 3.8) is 0 Å². The Morgan fingerprint density at radius 1 is 1.27 bits per heavy atom. The fourth-order valence-electron chi connectivity index (χ4n) is 3.47. The topological polar surface area (TPSA) is 74.0 Å². The highest BCUT2D eigenvalue weighted by Crippen LogP contribution is 2.19. The lowest BCUT2D eigenvalue weighted by molar-refractivity contribution is -0.119. The molecule has 2 aliphatic rings. The summed E-state index contributed by atoms with van der Waals surface area (Å²) in [4.78, 5) is 20.2. The Morgan fingerprint density at radius 3 is 2.64 bits per heavy atom. The van der Waals surface area contributed by atoms with Crippen LogP contribution in [0.1, 0.15) is 25.7 Å². The number of amides is 1. The summed E-state index contributed by atoms with van der Waals surface area (Å²) < 4.78 is 0. The number of carbonyl (C=O) groups excluding carboxylic acids is 1. The zero-order valence-electron chi connectivity index (χ0n) is 13.8. The number of piperidine rings is 1. The lowest BCUT2D eigenvalue weighted by Crippen LogP contribution is -2.48. The summed E-state index contributed by atoms with van der Waals surface area (Å²) in [7, 11) is 4.01. The molecule has 22 heavy (non-hydrogen) atoms. The van der Waals surface area contributed by atoms with Gasteiger partial charge in [-0.05, 0) is 44.7 Å². The Labute approximate surface area is 150 Å². The van der Waals surface area contributed by atoms with Gasteiger partial charge in [0.1, 0.15) is 0 Å². The van der Waals surface area contributed by atoms with E-state index in [0.29, 0.717) is 18.3 Å². The van der Waals surface area contributed by atoms with E-state index >= 15 is 0 Å². The molecule has 6 nitrogen and oxygen atoms in total.